The highest BCUT2D eigenvalue weighted by molar-refractivity contribution is 6.29. The van der Waals surface area contributed by atoms with Crippen LogP contribution in [-0.4, -0.2) is 4.98 Å². The Morgan fingerprint density at radius 2 is 2.43 bits per heavy atom. The van der Waals surface area contributed by atoms with Crippen LogP contribution in [0.3, 0.4) is 0 Å². The topological polar surface area (TPSA) is 15.8 Å². The summed E-state index contributed by atoms with van der Waals surface area (Å²) in [5, 5.41) is 0.331. The van der Waals surface area contributed by atoms with Crippen LogP contribution in [0, 0.1) is 5.82 Å². The van der Waals surface area contributed by atoms with Crippen molar-refractivity contribution in [3.05, 3.63) is 23.2 Å². The molecule has 0 aliphatic carbocycles. The first-order chi connectivity index (χ1) is 3.29. The molecule has 0 saturated carbocycles. The molecule has 1 heterocycles. The van der Waals surface area contributed by atoms with E-state index in [0.717, 1.165) is 0 Å². The van der Waals surface area contributed by atoms with Gasteiger partial charge in [-0.25, -0.2) is 4.39 Å². The van der Waals surface area contributed by atoms with Crippen molar-refractivity contribution in [1.82, 2.24) is 4.98 Å². The van der Waals surface area contributed by atoms with Gasteiger partial charge in [0.2, 0.25) is 0 Å². The lowest BCUT2D eigenvalue weighted by atomic mass is 10.6. The van der Waals surface area contributed by atoms with Crippen LogP contribution in [0.1, 0.15) is 0 Å². The van der Waals surface area contributed by atoms with Crippen LogP contribution in [0.2, 0.25) is 5.15 Å². The van der Waals surface area contributed by atoms with Crippen molar-refractivity contribution in [2.45, 2.75) is 0 Å². The summed E-state index contributed by atoms with van der Waals surface area (Å²) < 4.78 is 11.8. The van der Waals surface area contributed by atoms with Gasteiger partial charge < -0.3 is 4.98 Å². The number of hydrogen-bond donors (Lipinski definition) is 1. The molecule has 0 aromatic carbocycles. The first-order valence-electron chi connectivity index (χ1n) is 1.78. The van der Waals surface area contributed by atoms with E-state index in [1.54, 1.807) is 0 Å². The summed E-state index contributed by atoms with van der Waals surface area (Å²) >= 11 is 5.26. The SMILES string of the molecule is Fc1c[nH]c(Cl)c1. The van der Waals surface area contributed by atoms with Gasteiger partial charge in [-0.2, -0.15) is 0 Å². The number of H-pyrrole nitrogens is 1. The van der Waals surface area contributed by atoms with Crippen molar-refractivity contribution in [3.8, 4) is 0 Å². The molecular formula is C4H3ClFN. The lowest BCUT2D eigenvalue weighted by molar-refractivity contribution is 0.630. The van der Waals surface area contributed by atoms with E-state index in [1.807, 2.05) is 0 Å². The maximum absolute atomic E-state index is 11.8. The zero-order chi connectivity index (χ0) is 5.28. The van der Waals surface area contributed by atoms with Gasteiger partial charge in [0.25, 0.3) is 0 Å². The number of rotatable bonds is 0. The molecule has 1 aromatic heterocycles. The van der Waals surface area contributed by atoms with Crippen LogP contribution in [-0.2, 0) is 0 Å². The van der Waals surface area contributed by atoms with Gasteiger partial charge in [0.1, 0.15) is 11.0 Å². The van der Waals surface area contributed by atoms with Crippen LogP contribution < -0.4 is 0 Å². The average Bonchev–Trinajstić information content (AvgIpc) is 1.87. The van der Waals surface area contributed by atoms with E-state index in [0.29, 0.717) is 5.15 Å². The normalized spacial score (nSPS) is 9.43. The molecule has 1 nitrogen and oxygen atoms in total. The van der Waals surface area contributed by atoms with Crippen molar-refractivity contribution in [1.29, 1.82) is 0 Å². The van der Waals surface area contributed by atoms with Crippen LogP contribution in [0.25, 0.3) is 0 Å². The largest absolute Gasteiger partial charge is 0.350 e. The fourth-order valence-electron chi connectivity index (χ4n) is 0.342. The highest BCUT2D eigenvalue weighted by Gasteiger charge is 1.89. The van der Waals surface area contributed by atoms with Crippen LogP contribution in [0.15, 0.2) is 12.3 Å². The van der Waals surface area contributed by atoms with Gasteiger partial charge >= 0.3 is 0 Å². The summed E-state index contributed by atoms with van der Waals surface area (Å²) in [6.07, 6.45) is 1.20. The smallest absolute Gasteiger partial charge is 0.142 e. The Kier molecular flexibility index (Phi) is 1.02. The molecular weight excluding hydrogens is 117 g/mol. The van der Waals surface area contributed by atoms with Crippen LogP contribution >= 0.6 is 11.6 Å². The predicted molar refractivity (Wildman–Crippen MR) is 25.8 cm³/mol. The maximum atomic E-state index is 11.8. The monoisotopic (exact) mass is 119 g/mol. The van der Waals surface area contributed by atoms with E-state index in [9.17, 15) is 4.39 Å². The van der Waals surface area contributed by atoms with Gasteiger partial charge in [0.15, 0.2) is 0 Å². The van der Waals surface area contributed by atoms with E-state index >= 15 is 0 Å². The van der Waals surface area contributed by atoms with E-state index < -0.39 is 0 Å². The molecule has 0 radical (unpaired) electrons. The number of hydrogen-bond acceptors (Lipinski definition) is 0. The summed E-state index contributed by atoms with van der Waals surface area (Å²) in [7, 11) is 0. The van der Waals surface area contributed by atoms with Crippen molar-refractivity contribution >= 4 is 11.6 Å². The first kappa shape index (κ1) is 4.65. The number of aromatic nitrogens is 1. The van der Waals surface area contributed by atoms with E-state index in [1.165, 1.54) is 12.3 Å². The van der Waals surface area contributed by atoms with Gasteiger partial charge in [0.05, 0.1) is 0 Å². The fourth-order valence-corrected chi connectivity index (χ4v) is 0.501. The zero-order valence-corrected chi connectivity index (χ0v) is 4.17. The van der Waals surface area contributed by atoms with Gasteiger partial charge in [-0.05, 0) is 0 Å². The Morgan fingerprint density at radius 1 is 1.71 bits per heavy atom. The van der Waals surface area contributed by atoms with E-state index in [2.05, 4.69) is 4.98 Å². The van der Waals surface area contributed by atoms with Crippen molar-refractivity contribution in [2.24, 2.45) is 0 Å². The number of halogens is 2. The predicted octanol–water partition coefficient (Wildman–Crippen LogP) is 1.81. The Balaban J connectivity index is 3.04. The van der Waals surface area contributed by atoms with E-state index in [4.69, 9.17) is 11.6 Å². The Morgan fingerprint density at radius 3 is 2.57 bits per heavy atom. The lowest BCUT2D eigenvalue weighted by Gasteiger charge is -1.66. The molecule has 0 aliphatic heterocycles. The third kappa shape index (κ3) is 0.933. The quantitative estimate of drug-likeness (QED) is 0.536. The molecule has 0 aliphatic rings. The summed E-state index contributed by atoms with van der Waals surface area (Å²) in [6, 6.07) is 1.21. The van der Waals surface area contributed by atoms with Crippen LogP contribution in [0.5, 0.6) is 0 Å². The zero-order valence-electron chi connectivity index (χ0n) is 3.41. The fraction of sp³-hybridized carbons (Fsp3) is 0. The number of nitrogens with one attached hydrogen (secondary N) is 1. The molecule has 1 rings (SSSR count). The second-order valence-corrected chi connectivity index (χ2v) is 1.57. The molecule has 0 atom stereocenters. The second-order valence-electron chi connectivity index (χ2n) is 1.17. The first-order valence-corrected chi connectivity index (χ1v) is 2.16. The number of aromatic amines is 1. The highest BCUT2D eigenvalue weighted by Crippen LogP contribution is 2.05. The van der Waals surface area contributed by atoms with Crippen LogP contribution in [0.4, 0.5) is 4.39 Å². The minimum atomic E-state index is -0.329. The summed E-state index contributed by atoms with van der Waals surface area (Å²) in [6.45, 7) is 0. The maximum Gasteiger partial charge on any atom is 0.142 e. The Hall–Kier alpha value is -0.500. The molecule has 0 unspecified atom stereocenters. The van der Waals surface area contributed by atoms with E-state index in [-0.39, 0.29) is 5.82 Å². The molecule has 0 amide bonds. The van der Waals surface area contributed by atoms with Crippen molar-refractivity contribution < 1.29 is 4.39 Å². The summed E-state index contributed by atoms with van der Waals surface area (Å²) in [4.78, 5) is 2.46. The minimum absolute atomic E-state index is 0.329. The molecule has 38 valence electrons. The van der Waals surface area contributed by atoms with Gasteiger partial charge in [0, 0.05) is 12.3 Å². The molecule has 1 aromatic rings. The van der Waals surface area contributed by atoms with Gasteiger partial charge in [-0.3, -0.25) is 0 Å². The Bertz CT molecular complexity index is 144. The highest BCUT2D eigenvalue weighted by atomic mass is 35.5. The molecule has 3 heteroatoms. The lowest BCUT2D eigenvalue weighted by Crippen LogP contribution is -1.51. The standard InChI is InChI=1S/C4H3ClFN/c5-4-1-3(6)2-7-4/h1-2,7H. The van der Waals surface area contributed by atoms with Crippen molar-refractivity contribution in [2.75, 3.05) is 0 Å². The van der Waals surface area contributed by atoms with Crippen molar-refractivity contribution in [3.63, 3.8) is 0 Å². The second kappa shape index (κ2) is 1.54. The van der Waals surface area contributed by atoms with Gasteiger partial charge in [-0.15, -0.1) is 0 Å². The molecule has 0 bridgehead atoms. The molecule has 1 N–H and O–H groups in total. The summed E-state index contributed by atoms with van der Waals surface area (Å²) in [5.41, 5.74) is 0. The third-order valence-corrected chi connectivity index (χ3v) is 0.831. The van der Waals surface area contributed by atoms with Gasteiger partial charge in [-0.1, -0.05) is 11.6 Å². The summed E-state index contributed by atoms with van der Waals surface area (Å²) in [5.74, 6) is -0.329. The molecule has 7 heavy (non-hydrogen) atoms. The minimum Gasteiger partial charge on any atom is -0.350 e. The molecule has 0 fully saturated rings. The Labute approximate surface area is 45.1 Å². The molecule has 0 spiro atoms. The molecule has 0 saturated heterocycles. The third-order valence-electron chi connectivity index (χ3n) is 0.613. The average molecular weight is 120 g/mol.